The summed E-state index contributed by atoms with van der Waals surface area (Å²) in [4.78, 5) is 37.3. The number of alkyl halides is 1. The van der Waals surface area contributed by atoms with E-state index in [1.54, 1.807) is 31.3 Å². The van der Waals surface area contributed by atoms with Crippen LogP contribution < -0.4 is 17.2 Å². The molecule has 0 radical (unpaired) electrons. The van der Waals surface area contributed by atoms with Crippen molar-refractivity contribution in [2.45, 2.75) is 31.2 Å². The average molecular weight is 529 g/mol. The molecule has 1 amide bonds. The zero-order chi connectivity index (χ0) is 27.5. The van der Waals surface area contributed by atoms with Crippen molar-refractivity contribution >= 4 is 46.7 Å². The highest BCUT2D eigenvalue weighted by Gasteiger charge is 2.56. The van der Waals surface area contributed by atoms with Crippen LogP contribution in [0.3, 0.4) is 0 Å². The molecule has 3 atom stereocenters. The maximum atomic E-state index is 13.1. The molecule has 0 spiro atoms. The molecule has 1 aliphatic rings. The molecule has 1 saturated heterocycles. The Balaban J connectivity index is 2.26. The summed E-state index contributed by atoms with van der Waals surface area (Å²) in [6.45, 7) is 2.30. The molecule has 11 nitrogen and oxygen atoms in total. The van der Waals surface area contributed by atoms with E-state index in [-0.39, 0.29) is 41.2 Å². The maximum absolute atomic E-state index is 13.1. The molecule has 0 saturated carbocycles. The molecule has 1 aliphatic heterocycles. The van der Waals surface area contributed by atoms with Gasteiger partial charge in [-0.05, 0) is 42.7 Å². The van der Waals surface area contributed by atoms with Crippen molar-refractivity contribution in [3.63, 3.8) is 0 Å². The molecular weight excluding hydrogens is 500 g/mol. The molecule has 12 heteroatoms. The Kier molecular flexibility index (Phi) is 8.07. The lowest BCUT2D eigenvalue weighted by Gasteiger charge is -2.46. The predicted octanol–water partition coefficient (Wildman–Crippen LogP) is 1.87. The number of carboxylic acids is 1. The van der Waals surface area contributed by atoms with Crippen LogP contribution in [0.25, 0.3) is 0 Å². The number of rotatable bonds is 9. The monoisotopic (exact) mass is 528 g/mol. The summed E-state index contributed by atoms with van der Waals surface area (Å²) < 4.78 is 5.85. The van der Waals surface area contributed by atoms with E-state index in [1.807, 2.05) is 6.92 Å². The Morgan fingerprint density at radius 2 is 1.84 bits per heavy atom. The minimum atomic E-state index is -1.37. The lowest BCUT2D eigenvalue weighted by Crippen LogP contribution is -2.54. The van der Waals surface area contributed by atoms with Crippen LogP contribution in [0.15, 0.2) is 47.6 Å². The Morgan fingerprint density at radius 1 is 1.19 bits per heavy atom. The average Bonchev–Trinajstić information content (AvgIpc) is 2.83. The van der Waals surface area contributed by atoms with Crippen molar-refractivity contribution in [1.29, 1.82) is 5.41 Å². The van der Waals surface area contributed by atoms with Crippen molar-refractivity contribution in [3.8, 4) is 0 Å². The molecule has 2 aromatic rings. The van der Waals surface area contributed by atoms with Crippen molar-refractivity contribution in [2.24, 2.45) is 22.0 Å². The Bertz CT molecular complexity index is 1260. The molecule has 1 fully saturated rings. The lowest BCUT2D eigenvalue weighted by molar-refractivity contribution is -0.155. The first-order valence-electron chi connectivity index (χ1n) is 11.4. The summed E-state index contributed by atoms with van der Waals surface area (Å²) in [6, 6.07) is 10.8. The number of benzene rings is 2. The van der Waals surface area contributed by atoms with E-state index >= 15 is 0 Å². The van der Waals surface area contributed by atoms with Gasteiger partial charge in [0.1, 0.15) is 11.9 Å². The van der Waals surface area contributed by atoms with E-state index in [1.165, 1.54) is 23.2 Å². The van der Waals surface area contributed by atoms with E-state index in [9.17, 15) is 19.5 Å². The number of halogens is 1. The van der Waals surface area contributed by atoms with Crippen LogP contribution in [0.5, 0.6) is 0 Å². The highest BCUT2D eigenvalue weighted by atomic mass is 35.5. The number of amidine groups is 1. The molecule has 0 bridgehead atoms. The second-order valence-electron chi connectivity index (χ2n) is 8.96. The molecule has 196 valence electrons. The van der Waals surface area contributed by atoms with Gasteiger partial charge in [0.2, 0.25) is 5.91 Å². The molecule has 0 aromatic heterocycles. The van der Waals surface area contributed by atoms with Gasteiger partial charge in [-0.1, -0.05) is 24.3 Å². The topological polar surface area (TPSA) is 198 Å². The minimum Gasteiger partial charge on any atom is -0.478 e. The van der Waals surface area contributed by atoms with Crippen molar-refractivity contribution in [1.82, 2.24) is 5.01 Å². The quantitative estimate of drug-likeness (QED) is 0.0810. The fourth-order valence-corrected chi connectivity index (χ4v) is 4.83. The van der Waals surface area contributed by atoms with E-state index in [2.05, 4.69) is 5.10 Å². The summed E-state index contributed by atoms with van der Waals surface area (Å²) >= 11 is 7.00. The van der Waals surface area contributed by atoms with Crippen LogP contribution >= 0.6 is 11.6 Å². The lowest BCUT2D eigenvalue weighted by atomic mass is 9.66. The third-order valence-corrected chi connectivity index (χ3v) is 6.91. The highest BCUT2D eigenvalue weighted by molar-refractivity contribution is 6.50. The SMILES string of the molecule is CCN(C)N=C1C(=O)OC(c2cc(N)cc(C(=O)O)c2)C(CC(N)=O)(Cc2ccc(C(=N)N)cc2)C1Cl. The van der Waals surface area contributed by atoms with Gasteiger partial charge in [0, 0.05) is 36.7 Å². The first kappa shape index (κ1) is 27.5. The number of anilines is 1. The second kappa shape index (κ2) is 10.9. The van der Waals surface area contributed by atoms with E-state index < -0.39 is 34.7 Å². The van der Waals surface area contributed by atoms with Gasteiger partial charge < -0.3 is 27.0 Å². The van der Waals surface area contributed by atoms with Gasteiger partial charge in [0.25, 0.3) is 0 Å². The van der Waals surface area contributed by atoms with Crippen molar-refractivity contribution in [2.75, 3.05) is 19.3 Å². The zero-order valence-electron chi connectivity index (χ0n) is 20.4. The molecule has 3 unspecified atom stereocenters. The number of cyclic esters (lactones) is 1. The molecular formula is C25H29ClN6O5. The number of nitrogens with zero attached hydrogens (tertiary/aromatic N) is 2. The number of nitrogen functional groups attached to an aromatic ring is 2. The number of carbonyl (C=O) groups is 3. The van der Waals surface area contributed by atoms with E-state index in [4.69, 9.17) is 38.9 Å². The normalized spacial score (nSPS) is 22.4. The number of carbonyl (C=O) groups excluding carboxylic acids is 2. The van der Waals surface area contributed by atoms with Crippen LogP contribution in [-0.4, -0.2) is 58.5 Å². The highest BCUT2D eigenvalue weighted by Crippen LogP contribution is 2.51. The third kappa shape index (κ3) is 5.83. The van der Waals surface area contributed by atoms with Crippen molar-refractivity contribution in [3.05, 3.63) is 64.7 Å². The molecule has 3 rings (SSSR count). The number of hydrogen-bond acceptors (Lipinski definition) is 8. The fraction of sp³-hybridized carbons (Fsp3) is 0.320. The van der Waals surface area contributed by atoms with Gasteiger partial charge in [-0.25, -0.2) is 9.59 Å². The van der Waals surface area contributed by atoms with Crippen LogP contribution in [0.2, 0.25) is 0 Å². The predicted molar refractivity (Wildman–Crippen MR) is 139 cm³/mol. The number of aromatic carboxylic acids is 1. The first-order valence-corrected chi connectivity index (χ1v) is 11.8. The number of hydrazone groups is 1. The molecule has 0 aliphatic carbocycles. The summed E-state index contributed by atoms with van der Waals surface area (Å²) in [5.41, 5.74) is 17.2. The molecule has 37 heavy (non-hydrogen) atoms. The summed E-state index contributed by atoms with van der Waals surface area (Å²) in [5, 5.41) is 21.9. The molecule has 8 N–H and O–H groups in total. The number of ether oxygens (including phenoxy) is 1. The van der Waals surface area contributed by atoms with Gasteiger partial charge in [-0.15, -0.1) is 11.6 Å². The summed E-state index contributed by atoms with van der Waals surface area (Å²) in [7, 11) is 1.66. The molecule has 1 heterocycles. The first-order chi connectivity index (χ1) is 17.4. The largest absolute Gasteiger partial charge is 0.478 e. The third-order valence-electron chi connectivity index (χ3n) is 6.27. The summed E-state index contributed by atoms with van der Waals surface area (Å²) in [5.74, 6) is -2.86. The van der Waals surface area contributed by atoms with Gasteiger partial charge in [0.15, 0.2) is 5.71 Å². The summed E-state index contributed by atoms with van der Waals surface area (Å²) in [6.07, 6.45) is -1.42. The van der Waals surface area contributed by atoms with Crippen LogP contribution in [0, 0.1) is 10.8 Å². The van der Waals surface area contributed by atoms with Crippen molar-refractivity contribution < 1.29 is 24.2 Å². The van der Waals surface area contributed by atoms with Gasteiger partial charge in [-0.2, -0.15) is 5.10 Å². The number of amides is 1. The fourth-order valence-electron chi connectivity index (χ4n) is 4.42. The number of carboxylic acid groups (broad SMARTS) is 1. The number of hydrogen-bond donors (Lipinski definition) is 5. The number of esters is 1. The van der Waals surface area contributed by atoms with Gasteiger partial charge in [-0.3, -0.25) is 15.2 Å². The van der Waals surface area contributed by atoms with Gasteiger partial charge >= 0.3 is 11.9 Å². The van der Waals surface area contributed by atoms with Crippen LogP contribution in [0.4, 0.5) is 5.69 Å². The second-order valence-corrected chi connectivity index (χ2v) is 9.40. The standard InChI is InChI=1S/C25H29ClN6O5/c1-3-32(2)31-19-20(26)25(12-18(28)33,11-13-4-6-14(7-5-13)22(29)30)21(37-24(19)36)15-8-16(23(34)35)10-17(27)9-15/h4-10,20-21H,3,11-12,27H2,1-2H3,(H2,28,33)(H3,29,30)(H,34,35). The number of nitrogens with one attached hydrogen (secondary N) is 1. The number of nitrogens with two attached hydrogens (primary N) is 3. The number of primary amides is 1. The zero-order valence-corrected chi connectivity index (χ0v) is 21.2. The molecule has 2 aromatic carbocycles. The Hall–Kier alpha value is -4.12. The minimum absolute atomic E-state index is 0.0896. The van der Waals surface area contributed by atoms with E-state index in [0.29, 0.717) is 17.7 Å². The Morgan fingerprint density at radius 3 is 2.38 bits per heavy atom. The maximum Gasteiger partial charge on any atom is 0.356 e. The smallest absolute Gasteiger partial charge is 0.356 e. The van der Waals surface area contributed by atoms with Gasteiger partial charge in [0.05, 0.1) is 10.9 Å². The van der Waals surface area contributed by atoms with Crippen LogP contribution in [0.1, 0.15) is 46.5 Å². The Labute approximate surface area is 218 Å². The van der Waals surface area contributed by atoms with E-state index in [0.717, 1.165) is 0 Å². The van der Waals surface area contributed by atoms with Crippen LogP contribution in [-0.2, 0) is 20.7 Å².